The molecule has 0 bridgehead atoms. The summed E-state index contributed by atoms with van der Waals surface area (Å²) in [6.07, 6.45) is 0. The minimum absolute atomic E-state index is 0.914. The summed E-state index contributed by atoms with van der Waals surface area (Å²) in [7, 11) is 0. The summed E-state index contributed by atoms with van der Waals surface area (Å²) in [5, 5.41) is 11.2. The lowest BCUT2D eigenvalue weighted by atomic mass is 9.86. The first-order valence-electron chi connectivity index (χ1n) is 13.6. The Kier molecular flexibility index (Phi) is 4.55. The second kappa shape index (κ2) is 8.29. The van der Waals surface area contributed by atoms with Gasteiger partial charge in [0.2, 0.25) is 0 Å². The molecule has 0 N–H and O–H groups in total. The third-order valence-corrected chi connectivity index (χ3v) is 9.50. The van der Waals surface area contributed by atoms with Gasteiger partial charge in [0.1, 0.15) is 11.3 Å². The topological polar surface area (TPSA) is 13.1 Å². The lowest BCUT2D eigenvalue weighted by Gasteiger charge is -2.17. The van der Waals surface area contributed by atoms with Gasteiger partial charge in [-0.1, -0.05) is 109 Å². The predicted octanol–water partition coefficient (Wildman–Crippen LogP) is 11.6. The molecule has 2 heteroatoms. The Morgan fingerprint density at radius 2 is 1.02 bits per heavy atom. The van der Waals surface area contributed by atoms with Crippen molar-refractivity contribution in [2.75, 3.05) is 0 Å². The van der Waals surface area contributed by atoms with Gasteiger partial charge in [-0.05, 0) is 67.7 Å². The van der Waals surface area contributed by atoms with Crippen LogP contribution in [0.1, 0.15) is 0 Å². The van der Waals surface area contributed by atoms with Gasteiger partial charge in [0.25, 0.3) is 0 Å². The maximum Gasteiger partial charge on any atom is 0.136 e. The average molecular weight is 527 g/mol. The monoisotopic (exact) mass is 526 g/mol. The summed E-state index contributed by atoms with van der Waals surface area (Å²) < 4.78 is 9.29. The normalized spacial score (nSPS) is 12.0. The highest BCUT2D eigenvalue weighted by atomic mass is 32.1. The van der Waals surface area contributed by atoms with Gasteiger partial charge in [-0.2, -0.15) is 0 Å². The SMILES string of the molecule is c1ccc2c(-c3c4ccccc4c(-c4cc5c(ccc6c7ccccc7sc56)o4)c4ccccc34)cccc2c1. The summed E-state index contributed by atoms with van der Waals surface area (Å²) in [5.74, 6) is 0.914. The molecule has 186 valence electrons. The molecule has 0 aliphatic carbocycles. The van der Waals surface area contributed by atoms with Crippen molar-refractivity contribution in [2.24, 2.45) is 0 Å². The number of fused-ring (bicyclic) bond motifs is 8. The Hall–Kier alpha value is -4.92. The van der Waals surface area contributed by atoms with Gasteiger partial charge in [0.05, 0.1) is 0 Å². The summed E-state index contributed by atoms with van der Waals surface area (Å²) >= 11 is 1.85. The Morgan fingerprint density at radius 1 is 0.425 bits per heavy atom. The van der Waals surface area contributed by atoms with Crippen LogP contribution in [-0.4, -0.2) is 0 Å². The molecular weight excluding hydrogens is 504 g/mol. The second-order valence-electron chi connectivity index (χ2n) is 10.4. The number of furan rings is 1. The highest BCUT2D eigenvalue weighted by Gasteiger charge is 2.21. The van der Waals surface area contributed by atoms with E-state index in [1.54, 1.807) is 0 Å². The van der Waals surface area contributed by atoms with Crippen LogP contribution in [0.5, 0.6) is 0 Å². The van der Waals surface area contributed by atoms with E-state index in [2.05, 4.69) is 133 Å². The van der Waals surface area contributed by atoms with Crippen molar-refractivity contribution in [1.82, 2.24) is 0 Å². The minimum atomic E-state index is 0.914. The van der Waals surface area contributed by atoms with Crippen LogP contribution in [0.15, 0.2) is 138 Å². The lowest BCUT2D eigenvalue weighted by Crippen LogP contribution is -1.90. The summed E-state index contributed by atoms with van der Waals surface area (Å²) in [6.45, 7) is 0. The standard InChI is InChI=1S/C38H22OS/c1-2-12-24-23(10-1)11-9-18-26(24)36-27-14-3-5-16-29(27)37(30-17-6-4-15-28(30)36)34-22-32-33(39-34)21-20-31-25-13-7-8-19-35(25)40-38(31)32/h1-22H. The van der Waals surface area contributed by atoms with E-state index in [1.807, 2.05) is 11.3 Å². The van der Waals surface area contributed by atoms with Gasteiger partial charge >= 0.3 is 0 Å². The quantitative estimate of drug-likeness (QED) is 0.204. The van der Waals surface area contributed by atoms with Gasteiger partial charge in [0, 0.05) is 31.1 Å². The molecule has 0 amide bonds. The van der Waals surface area contributed by atoms with E-state index in [0.717, 1.165) is 16.9 Å². The molecule has 9 aromatic rings. The van der Waals surface area contributed by atoms with Crippen LogP contribution in [-0.2, 0) is 0 Å². The van der Waals surface area contributed by atoms with Crippen LogP contribution >= 0.6 is 11.3 Å². The van der Waals surface area contributed by atoms with Gasteiger partial charge in [-0.25, -0.2) is 0 Å². The molecule has 0 aliphatic rings. The molecule has 2 heterocycles. The van der Waals surface area contributed by atoms with Crippen molar-refractivity contribution >= 4 is 74.8 Å². The maximum atomic E-state index is 6.70. The van der Waals surface area contributed by atoms with E-state index in [9.17, 15) is 0 Å². The molecule has 9 rings (SSSR count). The van der Waals surface area contributed by atoms with Gasteiger partial charge < -0.3 is 4.42 Å². The third-order valence-electron chi connectivity index (χ3n) is 8.28. The lowest BCUT2D eigenvalue weighted by molar-refractivity contribution is 0.633. The summed E-state index contributed by atoms with van der Waals surface area (Å²) in [5.41, 5.74) is 4.62. The van der Waals surface area contributed by atoms with Crippen LogP contribution in [0, 0.1) is 0 Å². The minimum Gasteiger partial charge on any atom is -0.456 e. The molecule has 0 spiro atoms. The first-order chi connectivity index (χ1) is 19.8. The number of hydrogen-bond donors (Lipinski definition) is 0. The summed E-state index contributed by atoms with van der Waals surface area (Å²) in [4.78, 5) is 0. The van der Waals surface area contributed by atoms with Gasteiger partial charge in [0.15, 0.2) is 0 Å². The van der Waals surface area contributed by atoms with Crippen molar-refractivity contribution in [3.05, 3.63) is 133 Å². The molecule has 0 saturated carbocycles. The first kappa shape index (κ1) is 22.0. The molecule has 7 aromatic carbocycles. The van der Waals surface area contributed by atoms with Crippen LogP contribution in [0.25, 0.3) is 85.9 Å². The second-order valence-corrected chi connectivity index (χ2v) is 11.5. The first-order valence-corrected chi connectivity index (χ1v) is 14.4. The molecule has 0 atom stereocenters. The van der Waals surface area contributed by atoms with Crippen LogP contribution in [0.2, 0.25) is 0 Å². The fraction of sp³-hybridized carbons (Fsp3) is 0. The fourth-order valence-electron chi connectivity index (χ4n) is 6.55. The number of rotatable bonds is 2. The van der Waals surface area contributed by atoms with Gasteiger partial charge in [-0.15, -0.1) is 11.3 Å². The van der Waals surface area contributed by atoms with Crippen LogP contribution < -0.4 is 0 Å². The predicted molar refractivity (Wildman–Crippen MR) is 172 cm³/mol. The Balaban J connectivity index is 1.40. The van der Waals surface area contributed by atoms with E-state index in [1.165, 1.54) is 69.0 Å². The molecule has 0 fully saturated rings. The van der Waals surface area contributed by atoms with E-state index >= 15 is 0 Å². The average Bonchev–Trinajstić information content (AvgIpc) is 3.61. The molecule has 0 radical (unpaired) electrons. The summed E-state index contributed by atoms with van der Waals surface area (Å²) in [6, 6.07) is 48.1. The van der Waals surface area contributed by atoms with Gasteiger partial charge in [-0.3, -0.25) is 0 Å². The molecule has 0 saturated heterocycles. The number of hydrogen-bond acceptors (Lipinski definition) is 2. The highest BCUT2D eigenvalue weighted by Crippen LogP contribution is 2.47. The van der Waals surface area contributed by atoms with Crippen molar-refractivity contribution in [2.45, 2.75) is 0 Å². The van der Waals surface area contributed by atoms with Crippen LogP contribution in [0.4, 0.5) is 0 Å². The Labute approximate surface area is 234 Å². The van der Waals surface area contributed by atoms with Crippen molar-refractivity contribution in [1.29, 1.82) is 0 Å². The molecule has 1 nitrogen and oxygen atoms in total. The highest BCUT2D eigenvalue weighted by molar-refractivity contribution is 7.26. The number of thiophene rings is 1. The molecular formula is C38H22OS. The van der Waals surface area contributed by atoms with Crippen LogP contribution in [0.3, 0.4) is 0 Å². The third kappa shape index (κ3) is 3.03. The molecule has 0 unspecified atom stereocenters. The molecule has 0 aliphatic heterocycles. The molecule has 2 aromatic heterocycles. The molecule has 40 heavy (non-hydrogen) atoms. The van der Waals surface area contributed by atoms with Crippen molar-refractivity contribution in [3.8, 4) is 22.5 Å². The zero-order chi connectivity index (χ0) is 26.2. The zero-order valence-corrected chi connectivity index (χ0v) is 22.3. The van der Waals surface area contributed by atoms with E-state index < -0.39 is 0 Å². The van der Waals surface area contributed by atoms with E-state index in [-0.39, 0.29) is 0 Å². The van der Waals surface area contributed by atoms with Crippen molar-refractivity contribution < 1.29 is 4.42 Å². The van der Waals surface area contributed by atoms with E-state index in [0.29, 0.717) is 0 Å². The fourth-order valence-corrected chi connectivity index (χ4v) is 7.76. The van der Waals surface area contributed by atoms with E-state index in [4.69, 9.17) is 4.42 Å². The maximum absolute atomic E-state index is 6.70. The largest absolute Gasteiger partial charge is 0.456 e. The Bertz CT molecular complexity index is 2380. The smallest absolute Gasteiger partial charge is 0.136 e. The number of benzene rings is 7. The van der Waals surface area contributed by atoms with Crippen molar-refractivity contribution in [3.63, 3.8) is 0 Å². The Morgan fingerprint density at radius 3 is 1.77 bits per heavy atom. The zero-order valence-electron chi connectivity index (χ0n) is 21.5.